The minimum atomic E-state index is -3.66. The molecule has 0 unspecified atom stereocenters. The van der Waals surface area contributed by atoms with Crippen LogP contribution in [-0.4, -0.2) is 76.6 Å². The number of aliphatic hydroxyl groups excluding tert-OH is 1. The summed E-state index contributed by atoms with van der Waals surface area (Å²) in [7, 11) is -2.13. The fraction of sp³-hybridized carbons (Fsp3) is 0.667. The van der Waals surface area contributed by atoms with Gasteiger partial charge in [0, 0.05) is 32.2 Å². The molecular weight excluding hydrogens is 424 g/mol. The molecule has 9 nitrogen and oxygen atoms in total. The lowest BCUT2D eigenvalue weighted by Crippen LogP contribution is -2.37. The third kappa shape index (κ3) is 7.64. The topological polar surface area (TPSA) is 114 Å². The predicted octanol–water partition coefficient (Wildman–Crippen LogP) is 1.86. The highest BCUT2D eigenvalue weighted by Crippen LogP contribution is 2.21. The number of sulfonamides is 1. The first-order valence-corrected chi connectivity index (χ1v) is 12.0. The van der Waals surface area contributed by atoms with E-state index < -0.39 is 16.1 Å². The highest BCUT2D eigenvalue weighted by atomic mass is 32.2. The molecule has 0 radical (unpaired) electrons. The Morgan fingerprint density at radius 1 is 1.29 bits per heavy atom. The van der Waals surface area contributed by atoms with Gasteiger partial charge in [0.25, 0.3) is 0 Å². The van der Waals surface area contributed by atoms with Crippen LogP contribution in [0.5, 0.6) is 5.75 Å². The van der Waals surface area contributed by atoms with E-state index in [1.54, 1.807) is 12.1 Å². The van der Waals surface area contributed by atoms with Crippen molar-refractivity contribution in [3.8, 4) is 5.75 Å². The van der Waals surface area contributed by atoms with Crippen LogP contribution in [0.15, 0.2) is 29.2 Å². The maximum absolute atomic E-state index is 13.1. The third-order valence-electron chi connectivity index (χ3n) is 5.02. The fourth-order valence-corrected chi connectivity index (χ4v) is 5.02. The van der Waals surface area contributed by atoms with E-state index in [4.69, 9.17) is 19.3 Å². The third-order valence-corrected chi connectivity index (χ3v) is 6.90. The molecule has 1 aliphatic heterocycles. The molecule has 176 valence electrons. The van der Waals surface area contributed by atoms with Gasteiger partial charge in [-0.3, -0.25) is 0 Å². The summed E-state index contributed by atoms with van der Waals surface area (Å²) < 4.78 is 43.3. The zero-order chi connectivity index (χ0) is 22.9. The second-order valence-electron chi connectivity index (χ2n) is 7.97. The number of nitrogens with zero attached hydrogens (tertiary/aromatic N) is 1. The number of methoxy groups -OCH3 is 1. The Labute approximate surface area is 184 Å². The van der Waals surface area contributed by atoms with E-state index in [1.165, 1.54) is 23.5 Å². The number of amides is 1. The van der Waals surface area contributed by atoms with E-state index in [1.807, 2.05) is 13.8 Å². The number of carbonyl (C=O) groups excluding carboxylic acids is 1. The van der Waals surface area contributed by atoms with Gasteiger partial charge < -0.3 is 24.6 Å². The van der Waals surface area contributed by atoms with Gasteiger partial charge in [0.2, 0.25) is 10.0 Å². The van der Waals surface area contributed by atoms with Crippen LogP contribution in [0.1, 0.15) is 26.7 Å². The van der Waals surface area contributed by atoms with Crippen LogP contribution in [0, 0.1) is 11.8 Å². The second kappa shape index (κ2) is 12.2. The lowest BCUT2D eigenvalue weighted by atomic mass is 10.0. The summed E-state index contributed by atoms with van der Waals surface area (Å²) in [5.74, 6) is 0.731. The number of rotatable bonds is 12. The van der Waals surface area contributed by atoms with E-state index in [0.29, 0.717) is 38.3 Å². The highest BCUT2D eigenvalue weighted by molar-refractivity contribution is 7.89. The zero-order valence-electron chi connectivity index (χ0n) is 18.5. The summed E-state index contributed by atoms with van der Waals surface area (Å²) in [6.07, 6.45) is 0.0240. The zero-order valence-corrected chi connectivity index (χ0v) is 19.3. The van der Waals surface area contributed by atoms with Crippen LogP contribution in [0.2, 0.25) is 0 Å². The molecule has 0 bridgehead atoms. The molecule has 2 atom stereocenters. The van der Waals surface area contributed by atoms with Crippen molar-refractivity contribution in [2.24, 2.45) is 11.8 Å². The fourth-order valence-electron chi connectivity index (χ4n) is 3.38. The maximum atomic E-state index is 13.1. The van der Waals surface area contributed by atoms with E-state index in [9.17, 15) is 13.2 Å². The van der Waals surface area contributed by atoms with Crippen LogP contribution in [0.3, 0.4) is 0 Å². The van der Waals surface area contributed by atoms with Crippen molar-refractivity contribution in [3.05, 3.63) is 24.3 Å². The molecule has 10 heteroatoms. The van der Waals surface area contributed by atoms with Crippen LogP contribution in [0.25, 0.3) is 0 Å². The van der Waals surface area contributed by atoms with E-state index in [0.717, 1.165) is 0 Å². The van der Waals surface area contributed by atoms with Gasteiger partial charge in [-0.2, -0.15) is 4.31 Å². The summed E-state index contributed by atoms with van der Waals surface area (Å²) >= 11 is 0. The van der Waals surface area contributed by atoms with Crippen molar-refractivity contribution >= 4 is 16.1 Å². The standard InChI is InChI=1S/C21H34N2O7S/c1-16(2)13-23(31(26,27)19-7-5-18(28-3)6-8-19)11-4-10-22-21(25)30-20-15-29-14-17(20)9-12-24/h5-8,16-17,20,24H,4,9-15H2,1-3H3,(H,22,25)/t17-,20+/m1/s1. The van der Waals surface area contributed by atoms with E-state index in [2.05, 4.69) is 5.32 Å². The molecule has 1 amide bonds. The maximum Gasteiger partial charge on any atom is 0.407 e. The van der Waals surface area contributed by atoms with Gasteiger partial charge in [-0.1, -0.05) is 13.8 Å². The first kappa shape index (κ1) is 25.4. The molecule has 2 rings (SSSR count). The van der Waals surface area contributed by atoms with Crippen molar-refractivity contribution in [2.75, 3.05) is 46.6 Å². The molecule has 0 aliphatic carbocycles. The average Bonchev–Trinajstić information content (AvgIpc) is 3.16. The molecule has 0 saturated carbocycles. The van der Waals surface area contributed by atoms with Crippen molar-refractivity contribution < 1.29 is 32.5 Å². The monoisotopic (exact) mass is 458 g/mol. The number of carbonyl (C=O) groups is 1. The molecule has 1 aromatic carbocycles. The first-order valence-electron chi connectivity index (χ1n) is 10.5. The Balaban J connectivity index is 1.87. The van der Waals surface area contributed by atoms with Crippen LogP contribution in [0.4, 0.5) is 4.79 Å². The largest absolute Gasteiger partial charge is 0.497 e. The number of benzene rings is 1. The molecule has 1 heterocycles. The minimum absolute atomic E-state index is 0.00748. The van der Waals surface area contributed by atoms with Crippen molar-refractivity contribution in [3.63, 3.8) is 0 Å². The number of hydrogen-bond donors (Lipinski definition) is 2. The van der Waals surface area contributed by atoms with Gasteiger partial charge in [0.1, 0.15) is 11.9 Å². The van der Waals surface area contributed by atoms with Crippen molar-refractivity contribution in [2.45, 2.75) is 37.7 Å². The van der Waals surface area contributed by atoms with Crippen LogP contribution in [-0.2, 0) is 19.5 Å². The molecular formula is C21H34N2O7S. The molecule has 1 aromatic rings. The van der Waals surface area contributed by atoms with E-state index >= 15 is 0 Å². The quantitative estimate of drug-likeness (QED) is 0.460. The number of nitrogens with one attached hydrogen (secondary N) is 1. The molecule has 0 spiro atoms. The normalized spacial score (nSPS) is 19.0. The van der Waals surface area contributed by atoms with E-state index in [-0.39, 0.29) is 42.5 Å². The Kier molecular flexibility index (Phi) is 10.0. The molecule has 1 saturated heterocycles. The Morgan fingerprint density at radius 3 is 2.61 bits per heavy atom. The molecule has 2 N–H and O–H groups in total. The summed E-state index contributed by atoms with van der Waals surface area (Å²) in [5, 5.41) is 11.7. The van der Waals surface area contributed by atoms with Crippen LogP contribution < -0.4 is 10.1 Å². The van der Waals surface area contributed by atoms with Crippen LogP contribution >= 0.6 is 0 Å². The first-order chi connectivity index (χ1) is 14.8. The van der Waals surface area contributed by atoms with Gasteiger partial charge in [0.05, 0.1) is 25.2 Å². The summed E-state index contributed by atoms with van der Waals surface area (Å²) in [6, 6.07) is 6.30. The number of aliphatic hydroxyl groups is 1. The van der Waals surface area contributed by atoms with Gasteiger partial charge in [0.15, 0.2) is 0 Å². The van der Waals surface area contributed by atoms with Gasteiger partial charge in [-0.05, 0) is 43.0 Å². The van der Waals surface area contributed by atoms with Gasteiger partial charge >= 0.3 is 6.09 Å². The average molecular weight is 459 g/mol. The Hall–Kier alpha value is -1.88. The predicted molar refractivity (Wildman–Crippen MR) is 115 cm³/mol. The number of ether oxygens (including phenoxy) is 3. The summed E-state index contributed by atoms with van der Waals surface area (Å²) in [5.41, 5.74) is 0. The Morgan fingerprint density at radius 2 is 2.00 bits per heavy atom. The second-order valence-corrected chi connectivity index (χ2v) is 9.90. The molecule has 1 aliphatic rings. The minimum Gasteiger partial charge on any atom is -0.497 e. The van der Waals surface area contributed by atoms with Gasteiger partial charge in [-0.25, -0.2) is 13.2 Å². The summed E-state index contributed by atoms with van der Waals surface area (Å²) in [6.45, 7) is 5.64. The van der Waals surface area contributed by atoms with Gasteiger partial charge in [-0.15, -0.1) is 0 Å². The molecule has 1 fully saturated rings. The highest BCUT2D eigenvalue weighted by Gasteiger charge is 2.31. The Bertz CT molecular complexity index is 783. The smallest absolute Gasteiger partial charge is 0.407 e. The molecule has 0 aromatic heterocycles. The van der Waals surface area contributed by atoms with Crippen molar-refractivity contribution in [1.82, 2.24) is 9.62 Å². The summed E-state index contributed by atoms with van der Waals surface area (Å²) in [4.78, 5) is 12.3. The molecule has 31 heavy (non-hydrogen) atoms. The van der Waals surface area contributed by atoms with Crippen molar-refractivity contribution in [1.29, 1.82) is 0 Å². The SMILES string of the molecule is COc1ccc(S(=O)(=O)N(CCCNC(=O)O[C@H]2COC[C@H]2CCO)CC(C)C)cc1. The number of hydrogen-bond acceptors (Lipinski definition) is 7. The lowest BCUT2D eigenvalue weighted by molar-refractivity contribution is 0.0672. The number of alkyl carbamates (subject to hydrolysis) is 1. The lowest BCUT2D eigenvalue weighted by Gasteiger charge is -2.24.